The molecule has 0 aromatic heterocycles. The zero-order valence-corrected chi connectivity index (χ0v) is 21.8. The van der Waals surface area contributed by atoms with Gasteiger partial charge in [-0.15, -0.1) is 0 Å². The van der Waals surface area contributed by atoms with E-state index in [0.717, 1.165) is 18.4 Å². The highest BCUT2D eigenvalue weighted by molar-refractivity contribution is 6.33. The van der Waals surface area contributed by atoms with Crippen molar-refractivity contribution < 1.29 is 14.3 Å². The number of piperidine rings is 1. The molecule has 1 atom stereocenters. The van der Waals surface area contributed by atoms with Crippen LogP contribution in [0.4, 0.5) is 0 Å². The molecule has 0 bridgehead atoms. The third kappa shape index (κ3) is 6.59. The predicted octanol–water partition coefficient (Wildman–Crippen LogP) is 6.34. The molecule has 3 aromatic carbocycles. The summed E-state index contributed by atoms with van der Waals surface area (Å²) < 4.78 is 6.17. The zero-order valence-electron chi connectivity index (χ0n) is 20.3. The highest BCUT2D eigenvalue weighted by Crippen LogP contribution is 2.36. The molecule has 188 valence electrons. The van der Waals surface area contributed by atoms with Crippen LogP contribution in [-0.4, -0.2) is 48.4 Å². The van der Waals surface area contributed by atoms with Gasteiger partial charge in [-0.05, 0) is 54.8 Å². The van der Waals surface area contributed by atoms with Crippen LogP contribution in [0, 0.1) is 5.41 Å². The van der Waals surface area contributed by atoms with Gasteiger partial charge in [0.1, 0.15) is 5.75 Å². The lowest BCUT2D eigenvalue weighted by atomic mass is 9.77. The van der Waals surface area contributed by atoms with E-state index in [2.05, 4.69) is 0 Å². The summed E-state index contributed by atoms with van der Waals surface area (Å²) in [4.78, 5) is 30.3. The summed E-state index contributed by atoms with van der Waals surface area (Å²) in [6.07, 6.45) is 1.82. The standard InChI is InChI=1S/C29H30Cl2N2O3/c1-32(19-22-8-3-2-4-9-22)27(34)18-29(21-36-24-14-12-23(30)13-15-24)16-7-17-33(20-29)28(35)25-10-5-6-11-26(25)31/h2-6,8-15H,7,16-21H2,1H3/t29-/m1/s1. The van der Waals surface area contributed by atoms with Gasteiger partial charge in [0.15, 0.2) is 0 Å². The minimum absolute atomic E-state index is 0.0191. The van der Waals surface area contributed by atoms with Crippen LogP contribution in [0.2, 0.25) is 10.0 Å². The van der Waals surface area contributed by atoms with Crippen molar-refractivity contribution in [1.82, 2.24) is 9.80 Å². The van der Waals surface area contributed by atoms with Crippen molar-refractivity contribution in [2.24, 2.45) is 5.41 Å². The van der Waals surface area contributed by atoms with Crippen molar-refractivity contribution in [2.75, 3.05) is 26.7 Å². The Hall–Kier alpha value is -3.02. The number of carbonyl (C=O) groups is 2. The number of hydrogen-bond acceptors (Lipinski definition) is 3. The summed E-state index contributed by atoms with van der Waals surface area (Å²) in [7, 11) is 1.82. The first-order valence-corrected chi connectivity index (χ1v) is 12.8. The summed E-state index contributed by atoms with van der Waals surface area (Å²) in [5, 5.41) is 1.05. The first-order chi connectivity index (χ1) is 17.3. The van der Waals surface area contributed by atoms with Crippen molar-refractivity contribution in [3.63, 3.8) is 0 Å². The highest BCUT2D eigenvalue weighted by atomic mass is 35.5. The maximum Gasteiger partial charge on any atom is 0.255 e. The van der Waals surface area contributed by atoms with Crippen LogP contribution >= 0.6 is 23.2 Å². The van der Waals surface area contributed by atoms with Gasteiger partial charge in [-0.25, -0.2) is 0 Å². The Morgan fingerprint density at radius 1 is 0.972 bits per heavy atom. The summed E-state index contributed by atoms with van der Waals surface area (Å²) >= 11 is 12.3. The molecule has 0 spiro atoms. The fourth-order valence-corrected chi connectivity index (χ4v) is 5.01. The molecule has 1 saturated heterocycles. The Labute approximate surface area is 222 Å². The molecule has 0 saturated carbocycles. The zero-order chi connectivity index (χ0) is 25.5. The van der Waals surface area contributed by atoms with E-state index in [1.807, 2.05) is 55.6 Å². The fourth-order valence-electron chi connectivity index (χ4n) is 4.67. The summed E-state index contributed by atoms with van der Waals surface area (Å²) in [5.41, 5.74) is 1.01. The van der Waals surface area contributed by atoms with E-state index in [-0.39, 0.29) is 18.2 Å². The second-order valence-electron chi connectivity index (χ2n) is 9.46. The van der Waals surface area contributed by atoms with E-state index in [1.54, 1.807) is 40.1 Å². The first kappa shape index (κ1) is 26.1. The molecule has 0 unspecified atom stereocenters. The number of ether oxygens (including phenoxy) is 1. The summed E-state index contributed by atoms with van der Waals surface area (Å²) in [5.74, 6) is 0.574. The molecule has 0 radical (unpaired) electrons. The average Bonchev–Trinajstić information content (AvgIpc) is 2.89. The Morgan fingerprint density at radius 3 is 2.39 bits per heavy atom. The molecule has 0 aliphatic carbocycles. The lowest BCUT2D eigenvalue weighted by molar-refractivity contribution is -0.134. The number of nitrogens with zero attached hydrogens (tertiary/aromatic N) is 2. The third-order valence-corrected chi connectivity index (χ3v) is 7.21. The van der Waals surface area contributed by atoms with Gasteiger partial charge in [0.05, 0.1) is 17.2 Å². The van der Waals surface area contributed by atoms with E-state index >= 15 is 0 Å². The Morgan fingerprint density at radius 2 is 1.67 bits per heavy atom. The average molecular weight is 525 g/mol. The van der Waals surface area contributed by atoms with Gasteiger partial charge in [0.25, 0.3) is 5.91 Å². The van der Waals surface area contributed by atoms with E-state index in [4.69, 9.17) is 27.9 Å². The van der Waals surface area contributed by atoms with E-state index in [0.29, 0.717) is 47.6 Å². The van der Waals surface area contributed by atoms with Crippen molar-refractivity contribution in [3.05, 3.63) is 100 Å². The van der Waals surface area contributed by atoms with Gasteiger partial charge in [0, 0.05) is 43.5 Å². The third-order valence-electron chi connectivity index (χ3n) is 6.63. The van der Waals surface area contributed by atoms with Gasteiger partial charge in [-0.1, -0.05) is 65.7 Å². The Kier molecular flexibility index (Phi) is 8.55. The molecular weight excluding hydrogens is 495 g/mol. The minimum Gasteiger partial charge on any atom is -0.493 e. The first-order valence-electron chi connectivity index (χ1n) is 12.1. The number of hydrogen-bond donors (Lipinski definition) is 0. The second-order valence-corrected chi connectivity index (χ2v) is 10.3. The van der Waals surface area contributed by atoms with Gasteiger partial charge in [-0.3, -0.25) is 9.59 Å². The lowest BCUT2D eigenvalue weighted by Crippen LogP contribution is -2.50. The van der Waals surface area contributed by atoms with Crippen molar-refractivity contribution in [3.8, 4) is 5.75 Å². The number of rotatable bonds is 8. The number of carbonyl (C=O) groups excluding carboxylic acids is 2. The van der Waals surface area contributed by atoms with E-state index in [1.165, 1.54) is 0 Å². The molecule has 2 amide bonds. The smallest absolute Gasteiger partial charge is 0.255 e. The summed E-state index contributed by atoms with van der Waals surface area (Å²) in [6, 6.07) is 24.2. The lowest BCUT2D eigenvalue weighted by Gasteiger charge is -2.43. The van der Waals surface area contributed by atoms with E-state index < -0.39 is 5.41 Å². The van der Waals surface area contributed by atoms with Crippen molar-refractivity contribution in [1.29, 1.82) is 0 Å². The van der Waals surface area contributed by atoms with Crippen LogP contribution in [0.5, 0.6) is 5.75 Å². The van der Waals surface area contributed by atoms with Crippen molar-refractivity contribution >= 4 is 35.0 Å². The normalized spacial score (nSPS) is 17.5. The summed E-state index contributed by atoms with van der Waals surface area (Å²) in [6.45, 7) is 1.86. The van der Waals surface area contributed by atoms with Crippen LogP contribution in [0.3, 0.4) is 0 Å². The van der Waals surface area contributed by atoms with Crippen molar-refractivity contribution in [2.45, 2.75) is 25.8 Å². The molecule has 7 heteroatoms. The van der Waals surface area contributed by atoms with Gasteiger partial charge in [0.2, 0.25) is 5.91 Å². The monoisotopic (exact) mass is 524 g/mol. The maximum atomic E-state index is 13.4. The highest BCUT2D eigenvalue weighted by Gasteiger charge is 2.41. The topological polar surface area (TPSA) is 49.9 Å². The predicted molar refractivity (Wildman–Crippen MR) is 144 cm³/mol. The molecule has 1 fully saturated rings. The van der Waals surface area contributed by atoms with Crippen LogP contribution in [0.15, 0.2) is 78.9 Å². The second kappa shape index (κ2) is 11.8. The van der Waals surface area contributed by atoms with E-state index in [9.17, 15) is 9.59 Å². The molecule has 1 aliphatic heterocycles. The van der Waals surface area contributed by atoms with Gasteiger partial charge in [-0.2, -0.15) is 0 Å². The number of amides is 2. The van der Waals surface area contributed by atoms with Crippen LogP contribution in [-0.2, 0) is 11.3 Å². The van der Waals surface area contributed by atoms with Gasteiger partial charge < -0.3 is 14.5 Å². The van der Waals surface area contributed by atoms with Crippen LogP contribution in [0.25, 0.3) is 0 Å². The van der Waals surface area contributed by atoms with Crippen LogP contribution < -0.4 is 4.74 Å². The number of halogens is 2. The molecular formula is C29H30Cl2N2O3. The molecule has 1 aliphatic rings. The number of likely N-dealkylation sites (tertiary alicyclic amines) is 1. The minimum atomic E-state index is -0.531. The molecule has 36 heavy (non-hydrogen) atoms. The molecule has 1 heterocycles. The molecule has 0 N–H and O–H groups in total. The number of benzene rings is 3. The molecule has 5 nitrogen and oxygen atoms in total. The largest absolute Gasteiger partial charge is 0.493 e. The quantitative estimate of drug-likeness (QED) is 0.345. The van der Waals surface area contributed by atoms with Gasteiger partial charge >= 0.3 is 0 Å². The molecule has 4 rings (SSSR count). The fraction of sp³-hybridized carbons (Fsp3) is 0.310. The molecule has 3 aromatic rings. The van der Waals surface area contributed by atoms with Crippen LogP contribution in [0.1, 0.15) is 35.2 Å². The Bertz CT molecular complexity index is 1190. The maximum absolute atomic E-state index is 13.4. The SMILES string of the molecule is CN(Cc1ccccc1)C(=O)C[C@]1(COc2ccc(Cl)cc2)CCCN(C(=O)c2ccccc2Cl)C1. The Balaban J connectivity index is 1.53.